The molecule has 4 nitrogen and oxygen atoms in total. The number of carbonyl (C=O) groups excluding carboxylic acids is 1. The number of rotatable bonds is 3. The lowest BCUT2D eigenvalue weighted by Crippen LogP contribution is -2.25. The number of benzene rings is 2. The smallest absolute Gasteiger partial charge is 0.416 e. The second-order valence-electron chi connectivity index (χ2n) is 5.98. The number of hydrogen-bond acceptors (Lipinski definition) is 2. The maximum Gasteiger partial charge on any atom is 0.416 e. The number of carbonyl (C=O) groups is 2. The van der Waals surface area contributed by atoms with Crippen LogP contribution in [0.15, 0.2) is 42.5 Å². The maximum atomic E-state index is 13.9. The molecule has 136 valence electrons. The Balaban J connectivity index is 1.89. The van der Waals surface area contributed by atoms with Gasteiger partial charge in [-0.3, -0.25) is 9.59 Å². The van der Waals surface area contributed by atoms with E-state index in [1.807, 2.05) is 0 Å². The number of aliphatic carboxylic acids is 1. The van der Waals surface area contributed by atoms with Crippen LogP contribution in [-0.4, -0.2) is 23.5 Å². The van der Waals surface area contributed by atoms with Gasteiger partial charge >= 0.3 is 12.1 Å². The molecule has 1 heterocycles. The first-order valence-corrected chi connectivity index (χ1v) is 7.67. The van der Waals surface area contributed by atoms with E-state index in [2.05, 4.69) is 0 Å². The normalized spacial score (nSPS) is 17.6. The van der Waals surface area contributed by atoms with Crippen LogP contribution < -0.4 is 4.90 Å². The number of nitrogens with zero attached hydrogens (tertiary/aromatic N) is 1. The lowest BCUT2D eigenvalue weighted by atomic mass is 10.0. The average molecular weight is 367 g/mol. The highest BCUT2D eigenvalue weighted by Gasteiger charge is 2.35. The first kappa shape index (κ1) is 17.9. The largest absolute Gasteiger partial charge is 0.481 e. The van der Waals surface area contributed by atoms with Crippen molar-refractivity contribution in [3.05, 3.63) is 53.8 Å². The molecule has 1 aliphatic rings. The summed E-state index contributed by atoms with van der Waals surface area (Å²) in [6, 6.07) is 7.86. The molecule has 0 aromatic heterocycles. The van der Waals surface area contributed by atoms with Crippen LogP contribution in [0.2, 0.25) is 0 Å². The van der Waals surface area contributed by atoms with E-state index in [9.17, 15) is 27.2 Å². The highest BCUT2D eigenvalue weighted by atomic mass is 19.4. The lowest BCUT2D eigenvalue weighted by molar-refractivity contribution is -0.141. The fourth-order valence-electron chi connectivity index (χ4n) is 2.87. The molecule has 3 rings (SSSR count). The van der Waals surface area contributed by atoms with Crippen LogP contribution in [-0.2, 0) is 15.8 Å². The monoisotopic (exact) mass is 367 g/mol. The van der Waals surface area contributed by atoms with Gasteiger partial charge in [0.25, 0.3) is 0 Å². The molecule has 1 fully saturated rings. The highest BCUT2D eigenvalue weighted by molar-refractivity contribution is 5.99. The third-order valence-corrected chi connectivity index (χ3v) is 4.26. The van der Waals surface area contributed by atoms with Gasteiger partial charge in [-0.2, -0.15) is 13.2 Å². The van der Waals surface area contributed by atoms with Crippen LogP contribution in [0.1, 0.15) is 12.0 Å². The van der Waals surface area contributed by atoms with Crippen molar-refractivity contribution in [2.45, 2.75) is 12.6 Å². The van der Waals surface area contributed by atoms with Crippen molar-refractivity contribution < 1.29 is 32.3 Å². The Hall–Kier alpha value is -2.90. The summed E-state index contributed by atoms with van der Waals surface area (Å²) in [5.41, 5.74) is -0.534. The van der Waals surface area contributed by atoms with Gasteiger partial charge < -0.3 is 10.0 Å². The van der Waals surface area contributed by atoms with Crippen LogP contribution >= 0.6 is 0 Å². The fourth-order valence-corrected chi connectivity index (χ4v) is 2.87. The Kier molecular flexibility index (Phi) is 4.43. The number of hydrogen-bond donors (Lipinski definition) is 1. The van der Waals surface area contributed by atoms with E-state index in [0.717, 1.165) is 12.1 Å². The van der Waals surface area contributed by atoms with E-state index < -0.39 is 29.4 Å². The van der Waals surface area contributed by atoms with E-state index >= 15 is 0 Å². The summed E-state index contributed by atoms with van der Waals surface area (Å²) in [5.74, 6) is -3.02. The highest BCUT2D eigenvalue weighted by Crippen LogP contribution is 2.34. The third kappa shape index (κ3) is 3.40. The summed E-state index contributed by atoms with van der Waals surface area (Å²) in [6.07, 6.45) is -4.70. The van der Waals surface area contributed by atoms with Gasteiger partial charge in [0.05, 0.1) is 11.5 Å². The van der Waals surface area contributed by atoms with Crippen molar-refractivity contribution in [3.63, 3.8) is 0 Å². The summed E-state index contributed by atoms with van der Waals surface area (Å²) in [6.45, 7) is 0.0193. The van der Waals surface area contributed by atoms with Gasteiger partial charge in [-0.05, 0) is 35.9 Å². The minimum atomic E-state index is -4.59. The number of alkyl halides is 3. The topological polar surface area (TPSA) is 57.6 Å². The van der Waals surface area contributed by atoms with Crippen molar-refractivity contribution in [1.29, 1.82) is 0 Å². The van der Waals surface area contributed by atoms with Gasteiger partial charge in [0.15, 0.2) is 0 Å². The van der Waals surface area contributed by atoms with E-state index in [0.29, 0.717) is 11.8 Å². The predicted molar refractivity (Wildman–Crippen MR) is 84.9 cm³/mol. The van der Waals surface area contributed by atoms with E-state index in [1.165, 1.54) is 29.2 Å². The van der Waals surface area contributed by atoms with Crippen molar-refractivity contribution >= 4 is 17.6 Å². The zero-order valence-corrected chi connectivity index (χ0v) is 13.3. The molecular weight excluding hydrogens is 354 g/mol. The fraction of sp³-hybridized carbons (Fsp3) is 0.222. The molecule has 1 N–H and O–H groups in total. The number of amides is 1. The standard InChI is InChI=1S/C18H13F4NO3/c19-15-6-3-12(18(20,21)22)8-14(15)10-1-4-13(5-2-10)23-9-11(17(25)26)7-16(23)24/h1-6,8,11H,7,9H2,(H,25,26). The summed E-state index contributed by atoms with van der Waals surface area (Å²) in [7, 11) is 0. The van der Waals surface area contributed by atoms with Gasteiger partial charge in [0, 0.05) is 24.2 Å². The molecule has 0 spiro atoms. The minimum Gasteiger partial charge on any atom is -0.481 e. The molecule has 26 heavy (non-hydrogen) atoms. The summed E-state index contributed by atoms with van der Waals surface area (Å²) < 4.78 is 52.4. The number of halogens is 4. The summed E-state index contributed by atoms with van der Waals surface area (Å²) in [5, 5.41) is 9.00. The first-order valence-electron chi connectivity index (χ1n) is 7.67. The second-order valence-corrected chi connectivity index (χ2v) is 5.98. The average Bonchev–Trinajstić information content (AvgIpc) is 2.96. The molecule has 1 atom stereocenters. The molecule has 1 unspecified atom stereocenters. The zero-order chi connectivity index (χ0) is 19.1. The molecule has 1 saturated heterocycles. The van der Waals surface area contributed by atoms with Crippen LogP contribution in [0.3, 0.4) is 0 Å². The molecule has 0 bridgehead atoms. The van der Waals surface area contributed by atoms with Gasteiger partial charge in [-0.25, -0.2) is 4.39 Å². The van der Waals surface area contributed by atoms with E-state index in [1.54, 1.807) is 0 Å². The van der Waals surface area contributed by atoms with Gasteiger partial charge in [-0.15, -0.1) is 0 Å². The Bertz CT molecular complexity index is 862. The Morgan fingerprint density at radius 1 is 1.12 bits per heavy atom. The number of carboxylic acids is 1. The van der Waals surface area contributed by atoms with Crippen LogP contribution in [0.25, 0.3) is 11.1 Å². The van der Waals surface area contributed by atoms with Crippen LogP contribution in [0, 0.1) is 11.7 Å². The predicted octanol–water partition coefficient (Wildman–Crippen LogP) is 3.95. The second kappa shape index (κ2) is 6.44. The first-order chi connectivity index (χ1) is 12.2. The Labute approximate surface area is 145 Å². The van der Waals surface area contributed by atoms with Gasteiger partial charge in [-0.1, -0.05) is 12.1 Å². The van der Waals surface area contributed by atoms with Crippen molar-refractivity contribution in [2.75, 3.05) is 11.4 Å². The lowest BCUT2D eigenvalue weighted by Gasteiger charge is -2.17. The molecule has 1 amide bonds. The Morgan fingerprint density at radius 2 is 1.77 bits per heavy atom. The third-order valence-electron chi connectivity index (χ3n) is 4.26. The van der Waals surface area contributed by atoms with E-state index in [4.69, 9.17) is 5.11 Å². The molecule has 0 radical (unpaired) electrons. The SMILES string of the molecule is O=C(O)C1CC(=O)N(c2ccc(-c3cc(C(F)(F)F)ccc3F)cc2)C1. The molecular formula is C18H13F4NO3. The summed E-state index contributed by atoms with van der Waals surface area (Å²) >= 11 is 0. The van der Waals surface area contributed by atoms with Gasteiger partial charge in [0.2, 0.25) is 5.91 Å². The van der Waals surface area contributed by atoms with Crippen LogP contribution in [0.5, 0.6) is 0 Å². The molecule has 0 aliphatic carbocycles. The maximum absolute atomic E-state index is 13.9. The van der Waals surface area contributed by atoms with Crippen LogP contribution in [0.4, 0.5) is 23.2 Å². The molecule has 0 saturated carbocycles. The number of carboxylic acid groups (broad SMARTS) is 1. The quantitative estimate of drug-likeness (QED) is 0.836. The van der Waals surface area contributed by atoms with Gasteiger partial charge in [0.1, 0.15) is 5.82 Å². The molecule has 8 heteroatoms. The van der Waals surface area contributed by atoms with Crippen molar-refractivity contribution in [2.24, 2.45) is 5.92 Å². The van der Waals surface area contributed by atoms with E-state index in [-0.39, 0.29) is 30.0 Å². The zero-order valence-electron chi connectivity index (χ0n) is 13.3. The molecule has 2 aromatic rings. The van der Waals surface area contributed by atoms with Crippen molar-refractivity contribution in [1.82, 2.24) is 0 Å². The summed E-state index contributed by atoms with van der Waals surface area (Å²) in [4.78, 5) is 24.2. The van der Waals surface area contributed by atoms with Crippen molar-refractivity contribution in [3.8, 4) is 11.1 Å². The Morgan fingerprint density at radius 3 is 2.31 bits per heavy atom. The molecule has 1 aliphatic heterocycles. The number of anilines is 1. The molecule has 2 aromatic carbocycles. The minimum absolute atomic E-state index is 0.0193.